The molecule has 0 saturated heterocycles. The molecule has 0 amide bonds. The third-order valence-electron chi connectivity index (χ3n) is 2.27. The number of H-pyrrole nitrogens is 2. The van der Waals surface area contributed by atoms with E-state index < -0.39 is 16.6 Å². The summed E-state index contributed by atoms with van der Waals surface area (Å²) in [5, 5.41) is 21.4. The lowest BCUT2D eigenvalue weighted by Gasteiger charge is -2.05. The standard InChI is InChI=1S/C8H12N6O3S/c1-5-8(6(3-15)13-12-5)18(16,17)11-2-7-9-4-10-14-7/h4,11,15H,2-3H2,1H3,(H,12,13)(H,9,10,14). The number of aryl methyl sites for hydroxylation is 1. The molecular weight excluding hydrogens is 260 g/mol. The maximum absolute atomic E-state index is 12.0. The molecule has 0 saturated carbocycles. The molecule has 0 spiro atoms. The van der Waals surface area contributed by atoms with Crippen LogP contribution in [0.15, 0.2) is 11.2 Å². The number of aliphatic hydroxyl groups is 1. The Balaban J connectivity index is 2.22. The predicted octanol–water partition coefficient (Wildman–Crippen LogP) is -1.19. The molecule has 2 aromatic heterocycles. The van der Waals surface area contributed by atoms with Crippen molar-refractivity contribution in [3.63, 3.8) is 0 Å². The summed E-state index contributed by atoms with van der Waals surface area (Å²) in [5.41, 5.74) is 0.446. The minimum absolute atomic E-state index is 0.0160. The fraction of sp³-hybridized carbons (Fsp3) is 0.375. The van der Waals surface area contributed by atoms with Gasteiger partial charge < -0.3 is 5.11 Å². The number of hydrogen-bond acceptors (Lipinski definition) is 6. The van der Waals surface area contributed by atoms with Crippen molar-refractivity contribution in [3.05, 3.63) is 23.5 Å². The smallest absolute Gasteiger partial charge is 0.244 e. The van der Waals surface area contributed by atoms with Crippen LogP contribution >= 0.6 is 0 Å². The van der Waals surface area contributed by atoms with Crippen LogP contribution in [0.5, 0.6) is 0 Å². The average molecular weight is 272 g/mol. The molecular formula is C8H12N6O3S. The molecule has 18 heavy (non-hydrogen) atoms. The highest BCUT2D eigenvalue weighted by Crippen LogP contribution is 2.17. The molecule has 9 nitrogen and oxygen atoms in total. The van der Waals surface area contributed by atoms with Crippen molar-refractivity contribution in [2.45, 2.75) is 25.0 Å². The van der Waals surface area contributed by atoms with Crippen LogP contribution < -0.4 is 4.72 Å². The van der Waals surface area contributed by atoms with E-state index in [1.807, 2.05) is 0 Å². The zero-order chi connectivity index (χ0) is 13.2. The molecule has 0 aromatic carbocycles. The van der Waals surface area contributed by atoms with E-state index in [-0.39, 0.29) is 17.1 Å². The van der Waals surface area contributed by atoms with Gasteiger partial charge in [0.1, 0.15) is 22.7 Å². The lowest BCUT2D eigenvalue weighted by Crippen LogP contribution is -2.25. The number of aromatic nitrogens is 5. The van der Waals surface area contributed by atoms with E-state index in [9.17, 15) is 8.42 Å². The van der Waals surface area contributed by atoms with Gasteiger partial charge in [0, 0.05) is 0 Å². The molecule has 0 aliphatic rings. The van der Waals surface area contributed by atoms with Gasteiger partial charge in [-0.1, -0.05) is 0 Å². The van der Waals surface area contributed by atoms with Gasteiger partial charge in [0.15, 0.2) is 0 Å². The fourth-order valence-corrected chi connectivity index (χ4v) is 2.82. The Labute approximate surface area is 103 Å². The van der Waals surface area contributed by atoms with Crippen LogP contribution in [0.4, 0.5) is 0 Å². The largest absolute Gasteiger partial charge is 0.390 e. The van der Waals surface area contributed by atoms with Crippen molar-refractivity contribution in [2.24, 2.45) is 0 Å². The van der Waals surface area contributed by atoms with E-state index >= 15 is 0 Å². The molecule has 0 atom stereocenters. The van der Waals surface area contributed by atoms with E-state index in [2.05, 4.69) is 30.1 Å². The maximum atomic E-state index is 12.0. The third-order valence-corrected chi connectivity index (χ3v) is 3.88. The minimum atomic E-state index is -3.76. The zero-order valence-electron chi connectivity index (χ0n) is 9.51. The Kier molecular flexibility index (Phi) is 3.41. The number of nitrogens with one attached hydrogen (secondary N) is 3. The normalized spacial score (nSPS) is 11.9. The van der Waals surface area contributed by atoms with Crippen molar-refractivity contribution in [3.8, 4) is 0 Å². The molecule has 0 fully saturated rings. The van der Waals surface area contributed by atoms with Crippen molar-refractivity contribution in [1.29, 1.82) is 0 Å². The Bertz CT molecular complexity index is 617. The number of aromatic amines is 2. The quantitative estimate of drug-likeness (QED) is 0.540. The van der Waals surface area contributed by atoms with Gasteiger partial charge in [-0.3, -0.25) is 10.2 Å². The molecule has 2 rings (SSSR count). The van der Waals surface area contributed by atoms with E-state index in [0.29, 0.717) is 11.5 Å². The summed E-state index contributed by atoms with van der Waals surface area (Å²) in [6, 6.07) is 0. The first-order chi connectivity index (χ1) is 8.54. The van der Waals surface area contributed by atoms with Crippen LogP contribution in [0, 0.1) is 6.92 Å². The molecule has 0 radical (unpaired) electrons. The van der Waals surface area contributed by atoms with E-state index in [1.165, 1.54) is 6.33 Å². The topological polar surface area (TPSA) is 137 Å². The second-order valence-corrected chi connectivity index (χ2v) is 5.24. The average Bonchev–Trinajstić information content (AvgIpc) is 2.95. The van der Waals surface area contributed by atoms with Crippen LogP contribution in [0.3, 0.4) is 0 Å². The van der Waals surface area contributed by atoms with E-state index in [4.69, 9.17) is 5.11 Å². The number of sulfonamides is 1. The second kappa shape index (κ2) is 4.84. The van der Waals surface area contributed by atoms with Gasteiger partial charge in [0.05, 0.1) is 18.8 Å². The Hall–Kier alpha value is -1.78. The summed E-state index contributed by atoms with van der Waals surface area (Å²) in [7, 11) is -3.76. The van der Waals surface area contributed by atoms with Gasteiger partial charge in [-0.2, -0.15) is 10.2 Å². The first-order valence-electron chi connectivity index (χ1n) is 5.03. The Morgan fingerprint density at radius 1 is 1.44 bits per heavy atom. The summed E-state index contributed by atoms with van der Waals surface area (Å²) < 4.78 is 26.4. The zero-order valence-corrected chi connectivity index (χ0v) is 10.3. The summed E-state index contributed by atoms with van der Waals surface area (Å²) in [6.45, 7) is 1.09. The first kappa shape index (κ1) is 12.7. The highest BCUT2D eigenvalue weighted by Gasteiger charge is 2.23. The van der Waals surface area contributed by atoms with Gasteiger partial charge in [-0.05, 0) is 6.92 Å². The number of rotatable bonds is 5. The minimum Gasteiger partial charge on any atom is -0.390 e. The molecule has 2 heterocycles. The summed E-state index contributed by atoms with van der Waals surface area (Å²) in [6.07, 6.45) is 1.28. The highest BCUT2D eigenvalue weighted by atomic mass is 32.2. The van der Waals surface area contributed by atoms with E-state index in [1.54, 1.807) is 6.92 Å². The monoisotopic (exact) mass is 272 g/mol. The predicted molar refractivity (Wildman–Crippen MR) is 59.7 cm³/mol. The number of hydrogen-bond donors (Lipinski definition) is 4. The fourth-order valence-electron chi connectivity index (χ4n) is 1.48. The highest BCUT2D eigenvalue weighted by molar-refractivity contribution is 7.89. The van der Waals surface area contributed by atoms with Crippen LogP contribution in [0.2, 0.25) is 0 Å². The second-order valence-electron chi connectivity index (χ2n) is 3.54. The van der Waals surface area contributed by atoms with E-state index in [0.717, 1.165) is 0 Å². The molecule has 98 valence electrons. The van der Waals surface area contributed by atoms with Gasteiger partial charge in [0.25, 0.3) is 0 Å². The molecule has 10 heteroatoms. The molecule has 0 aliphatic carbocycles. The first-order valence-corrected chi connectivity index (χ1v) is 6.51. The molecule has 0 aliphatic heterocycles. The Morgan fingerprint density at radius 2 is 2.22 bits per heavy atom. The van der Waals surface area contributed by atoms with Gasteiger partial charge >= 0.3 is 0 Å². The summed E-state index contributed by atoms with van der Waals surface area (Å²) in [4.78, 5) is 3.76. The Morgan fingerprint density at radius 3 is 2.83 bits per heavy atom. The van der Waals surface area contributed by atoms with Crippen LogP contribution in [0.25, 0.3) is 0 Å². The third kappa shape index (κ3) is 2.39. The molecule has 4 N–H and O–H groups in total. The summed E-state index contributed by atoms with van der Waals surface area (Å²) >= 11 is 0. The molecule has 0 unspecified atom stereocenters. The van der Waals surface area contributed by atoms with Crippen LogP contribution in [-0.4, -0.2) is 38.9 Å². The van der Waals surface area contributed by atoms with Gasteiger partial charge in [0.2, 0.25) is 10.0 Å². The van der Waals surface area contributed by atoms with Crippen molar-refractivity contribution in [2.75, 3.05) is 0 Å². The van der Waals surface area contributed by atoms with Crippen molar-refractivity contribution < 1.29 is 13.5 Å². The lowest BCUT2D eigenvalue weighted by atomic mass is 10.4. The lowest BCUT2D eigenvalue weighted by molar-refractivity contribution is 0.273. The number of aliphatic hydroxyl groups excluding tert-OH is 1. The molecule has 0 bridgehead atoms. The number of nitrogens with zero attached hydrogens (tertiary/aromatic N) is 3. The maximum Gasteiger partial charge on any atom is 0.244 e. The van der Waals surface area contributed by atoms with Gasteiger partial charge in [-0.25, -0.2) is 18.1 Å². The SMILES string of the molecule is Cc1[nH]nc(CO)c1S(=O)(=O)NCc1ncn[nH]1. The van der Waals surface area contributed by atoms with Crippen LogP contribution in [-0.2, 0) is 23.2 Å². The summed E-state index contributed by atoms with van der Waals surface area (Å²) in [5.74, 6) is 0.394. The van der Waals surface area contributed by atoms with Crippen molar-refractivity contribution >= 4 is 10.0 Å². The molecule has 2 aromatic rings. The van der Waals surface area contributed by atoms with Crippen molar-refractivity contribution in [1.82, 2.24) is 30.1 Å². The van der Waals surface area contributed by atoms with Crippen LogP contribution in [0.1, 0.15) is 17.2 Å². The van der Waals surface area contributed by atoms with Gasteiger partial charge in [-0.15, -0.1) is 0 Å².